The Morgan fingerprint density at radius 3 is 1.35 bits per heavy atom. The molecular weight excluding hydrogens is 392 g/mol. The summed E-state index contributed by atoms with van der Waals surface area (Å²) in [7, 11) is 0. The van der Waals surface area contributed by atoms with Gasteiger partial charge in [-0.05, 0) is 57.1 Å². The highest BCUT2D eigenvalue weighted by Crippen LogP contribution is 2.21. The van der Waals surface area contributed by atoms with Crippen LogP contribution in [0.1, 0.15) is 96.3 Å². The third-order valence-electron chi connectivity index (χ3n) is 5.54. The number of hydrogen-bond acceptors (Lipinski definition) is 4. The SMILES string of the molecule is O=C(/C=C/CCCCCCCCO)N[C@@H]1C[C@H]1NC(=O)/C=C/CCCCCCCCO. The quantitative estimate of drug-likeness (QED) is 0.172. The van der Waals surface area contributed by atoms with Gasteiger partial charge in [-0.15, -0.1) is 0 Å². The van der Waals surface area contributed by atoms with E-state index in [0.29, 0.717) is 0 Å². The molecule has 2 amide bonds. The molecule has 178 valence electrons. The van der Waals surface area contributed by atoms with Gasteiger partial charge in [0.15, 0.2) is 0 Å². The monoisotopic (exact) mass is 436 g/mol. The molecule has 0 unspecified atom stereocenters. The standard InChI is InChI=1S/C25H44N2O4/c28-19-15-11-7-3-1-5-9-13-17-24(30)26-22-21-23(22)27-25(31)18-14-10-6-2-4-8-12-16-20-29/h13-14,17-18,22-23,28-29H,1-12,15-16,19-21H2,(H,26,30)(H,27,31)/b17-13+,18-14+/t22-,23-/m1/s1. The fourth-order valence-corrected chi connectivity index (χ4v) is 3.52. The molecule has 2 atom stereocenters. The predicted octanol–water partition coefficient (Wildman–Crippen LogP) is 3.92. The number of unbranched alkanes of at least 4 members (excludes halogenated alkanes) is 12. The predicted molar refractivity (Wildman–Crippen MR) is 126 cm³/mol. The molecule has 0 aromatic carbocycles. The maximum atomic E-state index is 11.9. The molecule has 6 nitrogen and oxygen atoms in total. The topological polar surface area (TPSA) is 98.7 Å². The Morgan fingerprint density at radius 1 is 0.613 bits per heavy atom. The summed E-state index contributed by atoms with van der Waals surface area (Å²) in [6.07, 6.45) is 22.8. The molecule has 0 saturated heterocycles. The number of allylic oxidation sites excluding steroid dienone is 2. The van der Waals surface area contributed by atoms with E-state index in [1.165, 1.54) is 25.7 Å². The van der Waals surface area contributed by atoms with Gasteiger partial charge in [-0.2, -0.15) is 0 Å². The highest BCUT2D eigenvalue weighted by molar-refractivity contribution is 5.89. The second-order valence-electron chi connectivity index (χ2n) is 8.54. The van der Waals surface area contributed by atoms with Gasteiger partial charge < -0.3 is 20.8 Å². The van der Waals surface area contributed by atoms with Crippen molar-refractivity contribution < 1.29 is 19.8 Å². The normalized spacial score (nSPS) is 18.0. The summed E-state index contributed by atoms with van der Waals surface area (Å²) in [5.74, 6) is -0.168. The lowest BCUT2D eigenvalue weighted by Gasteiger charge is -2.03. The molecule has 0 spiro atoms. The molecule has 0 heterocycles. The van der Waals surface area contributed by atoms with Crippen LogP contribution in [0.25, 0.3) is 0 Å². The average molecular weight is 437 g/mol. The van der Waals surface area contributed by atoms with Crippen LogP contribution in [0.2, 0.25) is 0 Å². The second-order valence-corrected chi connectivity index (χ2v) is 8.54. The number of aliphatic hydroxyl groups is 2. The molecule has 1 aliphatic carbocycles. The van der Waals surface area contributed by atoms with E-state index in [1.54, 1.807) is 12.2 Å². The van der Waals surface area contributed by atoms with Crippen LogP contribution in [0.3, 0.4) is 0 Å². The van der Waals surface area contributed by atoms with Crippen molar-refractivity contribution in [1.29, 1.82) is 0 Å². The summed E-state index contributed by atoms with van der Waals surface area (Å²) in [5, 5.41) is 23.3. The molecule has 0 aromatic heterocycles. The maximum absolute atomic E-state index is 11.9. The van der Waals surface area contributed by atoms with Crippen LogP contribution >= 0.6 is 0 Å². The minimum absolute atomic E-state index is 0.0416. The van der Waals surface area contributed by atoms with Crippen LogP contribution in [-0.2, 0) is 9.59 Å². The number of hydrogen-bond donors (Lipinski definition) is 4. The molecular formula is C25H44N2O4. The van der Waals surface area contributed by atoms with Gasteiger partial charge in [0.05, 0.1) is 12.1 Å². The van der Waals surface area contributed by atoms with Gasteiger partial charge in [-0.3, -0.25) is 9.59 Å². The minimum Gasteiger partial charge on any atom is -0.396 e. The summed E-state index contributed by atoms with van der Waals surface area (Å²) in [4.78, 5) is 23.9. The van der Waals surface area contributed by atoms with Gasteiger partial charge in [0.2, 0.25) is 11.8 Å². The molecule has 1 fully saturated rings. The number of nitrogens with one attached hydrogen (secondary N) is 2. The number of amides is 2. The fourth-order valence-electron chi connectivity index (χ4n) is 3.52. The molecule has 31 heavy (non-hydrogen) atoms. The van der Waals surface area contributed by atoms with Crippen molar-refractivity contribution in [2.45, 2.75) is 108 Å². The first-order valence-corrected chi connectivity index (χ1v) is 12.3. The molecule has 1 rings (SSSR count). The van der Waals surface area contributed by atoms with E-state index in [2.05, 4.69) is 10.6 Å². The van der Waals surface area contributed by atoms with Crippen LogP contribution in [0.5, 0.6) is 0 Å². The van der Waals surface area contributed by atoms with Crippen LogP contribution in [0.4, 0.5) is 0 Å². The highest BCUT2D eigenvalue weighted by atomic mass is 16.3. The summed E-state index contributed by atoms with van der Waals surface area (Å²) in [5.41, 5.74) is 0. The van der Waals surface area contributed by atoms with Crippen molar-refractivity contribution in [3.63, 3.8) is 0 Å². The number of carbonyl (C=O) groups excluding carboxylic acids is 2. The zero-order valence-corrected chi connectivity index (χ0v) is 19.2. The largest absolute Gasteiger partial charge is 0.396 e. The number of aliphatic hydroxyl groups excluding tert-OH is 2. The maximum Gasteiger partial charge on any atom is 0.243 e. The summed E-state index contributed by atoms with van der Waals surface area (Å²) < 4.78 is 0. The zero-order valence-electron chi connectivity index (χ0n) is 19.2. The summed E-state index contributed by atoms with van der Waals surface area (Å²) in [6, 6.07) is 0.0832. The molecule has 0 radical (unpaired) electrons. The summed E-state index contributed by atoms with van der Waals surface area (Å²) >= 11 is 0. The van der Waals surface area contributed by atoms with Crippen LogP contribution in [0.15, 0.2) is 24.3 Å². The van der Waals surface area contributed by atoms with Crippen molar-refractivity contribution >= 4 is 11.8 Å². The average Bonchev–Trinajstić information content (AvgIpc) is 3.47. The molecule has 4 N–H and O–H groups in total. The Labute approximate surface area is 188 Å². The number of rotatable bonds is 20. The lowest BCUT2D eigenvalue weighted by Crippen LogP contribution is -2.33. The highest BCUT2D eigenvalue weighted by Gasteiger charge is 2.38. The van der Waals surface area contributed by atoms with Gasteiger partial charge in [0, 0.05) is 13.2 Å². The molecule has 0 bridgehead atoms. The first-order chi connectivity index (χ1) is 15.2. The molecule has 0 aliphatic heterocycles. The minimum atomic E-state index is -0.0841. The first-order valence-electron chi connectivity index (χ1n) is 12.3. The van der Waals surface area contributed by atoms with Crippen molar-refractivity contribution in [2.24, 2.45) is 0 Å². The Kier molecular flexibility index (Phi) is 16.8. The van der Waals surface area contributed by atoms with Crippen LogP contribution in [-0.4, -0.2) is 47.3 Å². The van der Waals surface area contributed by atoms with Crippen molar-refractivity contribution in [1.82, 2.24) is 10.6 Å². The Hall–Kier alpha value is -1.66. The van der Waals surface area contributed by atoms with Gasteiger partial charge >= 0.3 is 0 Å². The lowest BCUT2D eigenvalue weighted by molar-refractivity contribution is -0.118. The van der Waals surface area contributed by atoms with E-state index in [4.69, 9.17) is 10.2 Å². The third-order valence-corrected chi connectivity index (χ3v) is 5.54. The van der Waals surface area contributed by atoms with Gasteiger partial charge in [0.25, 0.3) is 0 Å². The molecule has 6 heteroatoms. The summed E-state index contributed by atoms with van der Waals surface area (Å²) in [6.45, 7) is 0.571. The second kappa shape index (κ2) is 19.1. The van der Waals surface area contributed by atoms with Crippen LogP contribution in [0, 0.1) is 0 Å². The van der Waals surface area contributed by atoms with E-state index < -0.39 is 0 Å². The van der Waals surface area contributed by atoms with E-state index in [9.17, 15) is 9.59 Å². The van der Waals surface area contributed by atoms with E-state index in [0.717, 1.165) is 70.6 Å². The Bertz CT molecular complexity index is 488. The van der Waals surface area contributed by atoms with Gasteiger partial charge in [-0.1, -0.05) is 63.5 Å². The zero-order chi connectivity index (χ0) is 22.6. The van der Waals surface area contributed by atoms with Crippen molar-refractivity contribution in [3.05, 3.63) is 24.3 Å². The lowest BCUT2D eigenvalue weighted by atomic mass is 10.1. The Balaban J connectivity index is 1.97. The molecule has 1 saturated carbocycles. The van der Waals surface area contributed by atoms with Crippen molar-refractivity contribution in [2.75, 3.05) is 13.2 Å². The van der Waals surface area contributed by atoms with E-state index in [1.807, 2.05) is 12.2 Å². The number of carbonyl (C=O) groups is 2. The first kappa shape index (κ1) is 27.4. The third kappa shape index (κ3) is 16.7. The smallest absolute Gasteiger partial charge is 0.243 e. The molecule has 1 aliphatic rings. The van der Waals surface area contributed by atoms with Gasteiger partial charge in [0.1, 0.15) is 0 Å². The fraction of sp³-hybridized carbons (Fsp3) is 0.760. The van der Waals surface area contributed by atoms with Crippen molar-refractivity contribution in [3.8, 4) is 0 Å². The van der Waals surface area contributed by atoms with E-state index in [-0.39, 0.29) is 37.1 Å². The van der Waals surface area contributed by atoms with Crippen LogP contribution < -0.4 is 10.6 Å². The Morgan fingerprint density at radius 2 is 0.968 bits per heavy atom. The van der Waals surface area contributed by atoms with Gasteiger partial charge in [-0.25, -0.2) is 0 Å². The van der Waals surface area contributed by atoms with E-state index >= 15 is 0 Å². The molecule has 0 aromatic rings.